The third kappa shape index (κ3) is 2.71. The van der Waals surface area contributed by atoms with Gasteiger partial charge >= 0.3 is 0 Å². The fourth-order valence-electron chi connectivity index (χ4n) is 2.43. The fourth-order valence-corrected chi connectivity index (χ4v) is 3.36. The molecule has 0 N–H and O–H groups in total. The molecule has 0 saturated carbocycles. The maximum absolute atomic E-state index is 13.6. The summed E-state index contributed by atoms with van der Waals surface area (Å²) in [5, 5.41) is 4.73. The minimum absolute atomic E-state index is 0.253. The number of benzene rings is 2. The summed E-state index contributed by atoms with van der Waals surface area (Å²) in [7, 11) is 0. The molecule has 2 aromatic carbocycles. The highest BCUT2D eigenvalue weighted by Crippen LogP contribution is 2.36. The smallest absolute Gasteiger partial charge is 0.123 e. The van der Waals surface area contributed by atoms with Gasteiger partial charge in [-0.1, -0.05) is 44.2 Å². The van der Waals surface area contributed by atoms with Crippen molar-refractivity contribution in [1.82, 2.24) is 9.78 Å². The van der Waals surface area contributed by atoms with E-state index in [1.54, 1.807) is 6.07 Å². The summed E-state index contributed by atoms with van der Waals surface area (Å²) in [4.78, 5) is 0. The van der Waals surface area contributed by atoms with Crippen LogP contribution in [0.1, 0.15) is 25.5 Å². The van der Waals surface area contributed by atoms with Gasteiger partial charge in [-0.3, -0.25) is 0 Å². The molecule has 0 fully saturated rings. The number of hydrogen-bond acceptors (Lipinski definition) is 1. The standard InChI is InChI=1S/C18H16BrFN2/c1-12(2)17-16(19)18(13-7-6-8-14(20)11-13)22(21-17)15-9-4-3-5-10-15/h3-12H,1-2H3. The number of rotatable bonds is 3. The third-order valence-corrected chi connectivity index (χ3v) is 4.28. The summed E-state index contributed by atoms with van der Waals surface area (Å²) in [6.07, 6.45) is 0. The molecule has 0 saturated heterocycles. The second-order valence-electron chi connectivity index (χ2n) is 5.46. The lowest BCUT2D eigenvalue weighted by atomic mass is 10.1. The van der Waals surface area contributed by atoms with Crippen molar-refractivity contribution < 1.29 is 4.39 Å². The van der Waals surface area contributed by atoms with E-state index in [1.165, 1.54) is 12.1 Å². The average Bonchev–Trinajstić information content (AvgIpc) is 2.86. The van der Waals surface area contributed by atoms with Crippen molar-refractivity contribution in [2.24, 2.45) is 0 Å². The number of hydrogen-bond donors (Lipinski definition) is 0. The lowest BCUT2D eigenvalue weighted by molar-refractivity contribution is 0.628. The molecule has 0 unspecified atom stereocenters. The highest BCUT2D eigenvalue weighted by Gasteiger charge is 2.20. The van der Waals surface area contributed by atoms with E-state index >= 15 is 0 Å². The predicted molar refractivity (Wildman–Crippen MR) is 90.7 cm³/mol. The van der Waals surface area contributed by atoms with Gasteiger partial charge in [0.05, 0.1) is 21.5 Å². The van der Waals surface area contributed by atoms with Crippen LogP contribution in [0.5, 0.6) is 0 Å². The maximum atomic E-state index is 13.6. The van der Waals surface area contributed by atoms with Crippen molar-refractivity contribution >= 4 is 15.9 Å². The second-order valence-corrected chi connectivity index (χ2v) is 6.25. The topological polar surface area (TPSA) is 17.8 Å². The number of nitrogens with zero attached hydrogens (tertiary/aromatic N) is 2. The quantitative estimate of drug-likeness (QED) is 0.598. The van der Waals surface area contributed by atoms with Crippen LogP contribution in [0.15, 0.2) is 59.1 Å². The van der Waals surface area contributed by atoms with Gasteiger partial charge in [0, 0.05) is 5.56 Å². The van der Waals surface area contributed by atoms with E-state index in [0.717, 1.165) is 27.1 Å². The monoisotopic (exact) mass is 358 g/mol. The Morgan fingerprint density at radius 1 is 1.05 bits per heavy atom. The molecule has 3 rings (SSSR count). The summed E-state index contributed by atoms with van der Waals surface area (Å²) in [6, 6.07) is 16.5. The molecule has 0 aliphatic heterocycles. The molecule has 0 bridgehead atoms. The molecule has 2 nitrogen and oxygen atoms in total. The molecule has 0 aliphatic rings. The normalized spacial score (nSPS) is 11.1. The van der Waals surface area contributed by atoms with Gasteiger partial charge in [-0.25, -0.2) is 9.07 Å². The SMILES string of the molecule is CC(C)c1nn(-c2ccccc2)c(-c2cccc(F)c2)c1Br. The molecule has 3 aromatic rings. The Morgan fingerprint density at radius 2 is 1.77 bits per heavy atom. The van der Waals surface area contributed by atoms with E-state index in [4.69, 9.17) is 5.10 Å². The molecular formula is C18H16BrFN2. The van der Waals surface area contributed by atoms with Crippen molar-refractivity contribution in [3.8, 4) is 16.9 Å². The van der Waals surface area contributed by atoms with Crippen molar-refractivity contribution in [3.05, 3.63) is 70.6 Å². The molecule has 0 aliphatic carbocycles. The molecule has 112 valence electrons. The molecule has 0 atom stereocenters. The minimum Gasteiger partial charge on any atom is -0.232 e. The van der Waals surface area contributed by atoms with Crippen LogP contribution in [0.4, 0.5) is 4.39 Å². The van der Waals surface area contributed by atoms with Crippen LogP contribution in [-0.4, -0.2) is 9.78 Å². The average molecular weight is 359 g/mol. The summed E-state index contributed by atoms with van der Waals surface area (Å²) < 4.78 is 16.4. The molecule has 0 amide bonds. The Morgan fingerprint density at radius 3 is 2.41 bits per heavy atom. The lowest BCUT2D eigenvalue weighted by Crippen LogP contribution is -2.00. The van der Waals surface area contributed by atoms with E-state index in [1.807, 2.05) is 41.1 Å². The maximum Gasteiger partial charge on any atom is 0.123 e. The van der Waals surface area contributed by atoms with Gasteiger partial charge < -0.3 is 0 Å². The van der Waals surface area contributed by atoms with Crippen LogP contribution in [0.2, 0.25) is 0 Å². The van der Waals surface area contributed by atoms with Crippen molar-refractivity contribution in [3.63, 3.8) is 0 Å². The first-order valence-corrected chi connectivity index (χ1v) is 7.97. The Hall–Kier alpha value is -1.94. The zero-order valence-electron chi connectivity index (χ0n) is 12.4. The van der Waals surface area contributed by atoms with E-state index in [-0.39, 0.29) is 11.7 Å². The molecule has 0 radical (unpaired) electrons. The van der Waals surface area contributed by atoms with Crippen LogP contribution >= 0.6 is 15.9 Å². The van der Waals surface area contributed by atoms with E-state index in [9.17, 15) is 4.39 Å². The first-order chi connectivity index (χ1) is 10.6. The Balaban J connectivity index is 2.27. The first-order valence-electron chi connectivity index (χ1n) is 7.17. The Bertz CT molecular complexity index is 794. The molecule has 0 spiro atoms. The minimum atomic E-state index is -0.253. The van der Waals surface area contributed by atoms with Crippen LogP contribution < -0.4 is 0 Å². The summed E-state index contributed by atoms with van der Waals surface area (Å²) in [5.41, 5.74) is 3.59. The van der Waals surface area contributed by atoms with Crippen LogP contribution in [0, 0.1) is 5.82 Å². The highest BCUT2D eigenvalue weighted by molar-refractivity contribution is 9.10. The third-order valence-electron chi connectivity index (χ3n) is 3.50. The van der Waals surface area contributed by atoms with E-state index in [0.29, 0.717) is 0 Å². The first kappa shape index (κ1) is 15.0. The zero-order chi connectivity index (χ0) is 15.7. The number of aromatic nitrogens is 2. The van der Waals surface area contributed by atoms with E-state index < -0.39 is 0 Å². The second kappa shape index (κ2) is 6.05. The summed E-state index contributed by atoms with van der Waals surface area (Å²) in [6.45, 7) is 4.19. The van der Waals surface area contributed by atoms with Crippen LogP contribution in [0.25, 0.3) is 16.9 Å². The Labute approximate surface area is 137 Å². The van der Waals surface area contributed by atoms with Crippen molar-refractivity contribution in [1.29, 1.82) is 0 Å². The van der Waals surface area contributed by atoms with E-state index in [2.05, 4.69) is 29.8 Å². The molecular weight excluding hydrogens is 343 g/mol. The van der Waals surface area contributed by atoms with Crippen molar-refractivity contribution in [2.75, 3.05) is 0 Å². The zero-order valence-corrected chi connectivity index (χ0v) is 14.0. The van der Waals surface area contributed by atoms with Gasteiger partial charge in [0.2, 0.25) is 0 Å². The van der Waals surface area contributed by atoms with Gasteiger partial charge in [-0.15, -0.1) is 0 Å². The molecule has 4 heteroatoms. The van der Waals surface area contributed by atoms with Crippen LogP contribution in [-0.2, 0) is 0 Å². The van der Waals surface area contributed by atoms with Gasteiger partial charge in [-0.2, -0.15) is 5.10 Å². The predicted octanol–water partition coefficient (Wildman–Crippen LogP) is 5.56. The summed E-state index contributed by atoms with van der Waals surface area (Å²) >= 11 is 3.66. The molecule has 1 aromatic heterocycles. The van der Waals surface area contributed by atoms with Gasteiger partial charge in [0.25, 0.3) is 0 Å². The van der Waals surface area contributed by atoms with Crippen molar-refractivity contribution in [2.45, 2.75) is 19.8 Å². The Kier molecular flexibility index (Phi) is 4.12. The summed E-state index contributed by atoms with van der Waals surface area (Å²) in [5.74, 6) is 0.0166. The highest BCUT2D eigenvalue weighted by atomic mass is 79.9. The van der Waals surface area contributed by atoms with Crippen LogP contribution in [0.3, 0.4) is 0 Å². The molecule has 22 heavy (non-hydrogen) atoms. The van der Waals surface area contributed by atoms with Gasteiger partial charge in [-0.05, 0) is 46.1 Å². The largest absolute Gasteiger partial charge is 0.232 e. The number of halogens is 2. The van der Waals surface area contributed by atoms with Gasteiger partial charge in [0.15, 0.2) is 0 Å². The molecule has 1 heterocycles. The fraction of sp³-hybridized carbons (Fsp3) is 0.167. The van der Waals surface area contributed by atoms with Gasteiger partial charge in [0.1, 0.15) is 5.82 Å². The number of para-hydroxylation sites is 1. The lowest BCUT2D eigenvalue weighted by Gasteiger charge is -2.08.